The van der Waals surface area contributed by atoms with Crippen LogP contribution < -0.4 is 9.62 Å². The fourth-order valence-corrected chi connectivity index (χ4v) is 5.73. The number of rotatable bonds is 14. The van der Waals surface area contributed by atoms with Gasteiger partial charge in [0.15, 0.2) is 0 Å². The Bertz CT molecular complexity index is 1430. The van der Waals surface area contributed by atoms with Gasteiger partial charge in [0.1, 0.15) is 11.9 Å². The van der Waals surface area contributed by atoms with Crippen LogP contribution in [-0.4, -0.2) is 50.5 Å². The fourth-order valence-electron chi connectivity index (χ4n) is 4.72. The Hall–Kier alpha value is -3.72. The maximum atomic E-state index is 14.7. The van der Waals surface area contributed by atoms with E-state index in [1.807, 2.05) is 57.2 Å². The molecule has 9 heteroatoms. The summed E-state index contributed by atoms with van der Waals surface area (Å²) in [6.07, 6.45) is 2.34. The molecule has 0 aromatic heterocycles. The second-order valence-corrected chi connectivity index (χ2v) is 12.2. The number of anilines is 1. The summed E-state index contributed by atoms with van der Waals surface area (Å²) in [5.41, 5.74) is 3.55. The van der Waals surface area contributed by atoms with Crippen LogP contribution in [0.25, 0.3) is 0 Å². The zero-order chi connectivity index (χ0) is 30.0. The monoisotopic (exact) mass is 581 g/mol. The molecular weight excluding hydrogens is 541 g/mol. The number of nitrogens with zero attached hydrogens (tertiary/aromatic N) is 2. The fraction of sp³-hybridized carbons (Fsp3) is 0.375. The van der Waals surface area contributed by atoms with Gasteiger partial charge in [-0.2, -0.15) is 0 Å². The third-order valence-electron chi connectivity index (χ3n) is 7.12. The molecule has 0 radical (unpaired) electrons. The van der Waals surface area contributed by atoms with E-state index < -0.39 is 21.9 Å². The molecule has 3 aromatic carbocycles. The van der Waals surface area contributed by atoms with E-state index in [9.17, 15) is 22.4 Å². The Morgan fingerprint density at radius 2 is 1.63 bits per heavy atom. The number of carbonyl (C=O) groups is 2. The van der Waals surface area contributed by atoms with E-state index >= 15 is 0 Å². The number of hydrogen-bond acceptors (Lipinski definition) is 4. The van der Waals surface area contributed by atoms with E-state index in [1.54, 1.807) is 30.3 Å². The van der Waals surface area contributed by atoms with Crippen LogP contribution >= 0.6 is 0 Å². The molecule has 0 bridgehead atoms. The lowest BCUT2D eigenvalue weighted by atomic mass is 10.0. The van der Waals surface area contributed by atoms with E-state index in [4.69, 9.17) is 0 Å². The highest BCUT2D eigenvalue weighted by Gasteiger charge is 2.31. The SMILES string of the molecule is CCCNC(=O)C(Cc1ccccc1)N(Cc1ccccc1F)C(=O)CCCN(c1cccc(C)c1C)S(C)(=O)=O. The Morgan fingerprint density at radius 3 is 2.29 bits per heavy atom. The molecule has 1 N–H and O–H groups in total. The molecule has 220 valence electrons. The number of sulfonamides is 1. The third kappa shape index (κ3) is 8.88. The zero-order valence-corrected chi connectivity index (χ0v) is 25.1. The molecule has 0 aliphatic carbocycles. The smallest absolute Gasteiger partial charge is 0.243 e. The summed E-state index contributed by atoms with van der Waals surface area (Å²) in [6, 6.07) is 20.2. The van der Waals surface area contributed by atoms with E-state index in [0.29, 0.717) is 17.8 Å². The van der Waals surface area contributed by atoms with E-state index in [1.165, 1.54) is 15.3 Å². The molecule has 41 heavy (non-hydrogen) atoms. The summed E-state index contributed by atoms with van der Waals surface area (Å²) < 4.78 is 41.5. The summed E-state index contributed by atoms with van der Waals surface area (Å²) >= 11 is 0. The number of benzene rings is 3. The van der Waals surface area contributed by atoms with Crippen LogP contribution in [0.3, 0.4) is 0 Å². The largest absolute Gasteiger partial charge is 0.354 e. The van der Waals surface area contributed by atoms with Crippen molar-refractivity contribution in [2.45, 2.75) is 59.0 Å². The molecule has 7 nitrogen and oxygen atoms in total. The first-order valence-corrected chi connectivity index (χ1v) is 15.8. The predicted molar refractivity (Wildman–Crippen MR) is 162 cm³/mol. The lowest BCUT2D eigenvalue weighted by Crippen LogP contribution is -2.50. The molecular formula is C32H40FN3O4S. The topological polar surface area (TPSA) is 86.8 Å². The van der Waals surface area contributed by atoms with E-state index in [0.717, 1.165) is 29.4 Å². The Balaban J connectivity index is 1.90. The van der Waals surface area contributed by atoms with Crippen LogP contribution in [0.5, 0.6) is 0 Å². The standard InChI is InChI=1S/C32H40FN3O4S/c1-5-20-34-32(38)30(22-26-14-7-6-8-15-26)35(23-27-16-9-10-17-28(27)33)31(37)19-12-21-36(41(4,39)40)29-18-11-13-24(2)25(29)3/h6-11,13-18,30H,5,12,19-23H2,1-4H3,(H,34,38). The molecule has 0 saturated heterocycles. The van der Waals surface area contributed by atoms with Gasteiger partial charge in [-0.15, -0.1) is 0 Å². The molecule has 1 atom stereocenters. The Kier molecular flexibility index (Phi) is 11.5. The van der Waals surface area contributed by atoms with Crippen LogP contribution in [0.2, 0.25) is 0 Å². The molecule has 2 amide bonds. The number of nitrogens with one attached hydrogen (secondary N) is 1. The van der Waals surface area contributed by atoms with Gasteiger partial charge in [-0.3, -0.25) is 13.9 Å². The van der Waals surface area contributed by atoms with Gasteiger partial charge in [0.05, 0.1) is 11.9 Å². The molecule has 0 spiro atoms. The average Bonchev–Trinajstić information content (AvgIpc) is 2.94. The molecule has 0 fully saturated rings. The van der Waals surface area contributed by atoms with Crippen molar-refractivity contribution in [1.82, 2.24) is 10.2 Å². The van der Waals surface area contributed by atoms with Crippen LogP contribution in [-0.2, 0) is 32.6 Å². The molecule has 1 unspecified atom stereocenters. The summed E-state index contributed by atoms with van der Waals surface area (Å²) in [7, 11) is -3.62. The molecule has 0 aliphatic heterocycles. The maximum absolute atomic E-state index is 14.7. The lowest BCUT2D eigenvalue weighted by molar-refractivity contribution is -0.141. The highest BCUT2D eigenvalue weighted by atomic mass is 32.2. The van der Waals surface area contributed by atoms with Gasteiger partial charge in [0.25, 0.3) is 0 Å². The number of aryl methyl sites for hydroxylation is 1. The molecule has 0 heterocycles. The summed E-state index contributed by atoms with van der Waals surface area (Å²) in [6.45, 7) is 6.18. The minimum atomic E-state index is -3.62. The average molecular weight is 582 g/mol. The van der Waals surface area contributed by atoms with Crippen molar-refractivity contribution in [2.75, 3.05) is 23.7 Å². The number of carbonyl (C=O) groups excluding carboxylic acids is 2. The number of hydrogen-bond donors (Lipinski definition) is 1. The van der Waals surface area contributed by atoms with Crippen molar-refractivity contribution in [1.29, 1.82) is 0 Å². The van der Waals surface area contributed by atoms with Crippen LogP contribution in [0.1, 0.15) is 48.4 Å². The van der Waals surface area contributed by atoms with Crippen LogP contribution in [0, 0.1) is 19.7 Å². The van der Waals surface area contributed by atoms with Gasteiger partial charge < -0.3 is 10.2 Å². The van der Waals surface area contributed by atoms with E-state index in [2.05, 4.69) is 5.32 Å². The highest BCUT2D eigenvalue weighted by Crippen LogP contribution is 2.26. The molecule has 3 rings (SSSR count). The maximum Gasteiger partial charge on any atom is 0.243 e. The second-order valence-electron chi connectivity index (χ2n) is 10.3. The first kappa shape index (κ1) is 31.8. The molecule has 0 saturated carbocycles. The van der Waals surface area contributed by atoms with Gasteiger partial charge in [-0.1, -0.05) is 67.6 Å². The van der Waals surface area contributed by atoms with Gasteiger partial charge in [0, 0.05) is 38.0 Å². The lowest BCUT2D eigenvalue weighted by Gasteiger charge is -2.32. The summed E-state index contributed by atoms with van der Waals surface area (Å²) in [5, 5.41) is 2.90. The van der Waals surface area contributed by atoms with Gasteiger partial charge in [-0.05, 0) is 55.5 Å². The number of halogens is 1. The van der Waals surface area contributed by atoms with Crippen LogP contribution in [0.15, 0.2) is 72.8 Å². The quantitative estimate of drug-likeness (QED) is 0.285. The molecule has 3 aromatic rings. The highest BCUT2D eigenvalue weighted by molar-refractivity contribution is 7.92. The van der Waals surface area contributed by atoms with Crippen molar-refractivity contribution in [3.63, 3.8) is 0 Å². The first-order chi connectivity index (χ1) is 19.5. The minimum Gasteiger partial charge on any atom is -0.354 e. The third-order valence-corrected chi connectivity index (χ3v) is 8.30. The second kappa shape index (κ2) is 14.8. The van der Waals surface area contributed by atoms with Gasteiger partial charge in [-0.25, -0.2) is 12.8 Å². The van der Waals surface area contributed by atoms with Gasteiger partial charge in [0.2, 0.25) is 21.8 Å². The van der Waals surface area contributed by atoms with Crippen molar-refractivity contribution in [3.8, 4) is 0 Å². The summed E-state index contributed by atoms with van der Waals surface area (Å²) in [5.74, 6) is -1.13. The van der Waals surface area contributed by atoms with Crippen molar-refractivity contribution in [3.05, 3.63) is 101 Å². The van der Waals surface area contributed by atoms with Crippen LogP contribution in [0.4, 0.5) is 10.1 Å². The zero-order valence-electron chi connectivity index (χ0n) is 24.3. The Labute approximate surface area is 243 Å². The summed E-state index contributed by atoms with van der Waals surface area (Å²) in [4.78, 5) is 28.7. The van der Waals surface area contributed by atoms with Gasteiger partial charge >= 0.3 is 0 Å². The van der Waals surface area contributed by atoms with Crippen molar-refractivity contribution >= 4 is 27.5 Å². The minimum absolute atomic E-state index is 0.0162. The number of amides is 2. The van der Waals surface area contributed by atoms with E-state index in [-0.39, 0.29) is 44.2 Å². The predicted octanol–water partition coefficient (Wildman–Crippen LogP) is 5.16. The molecule has 0 aliphatic rings. The first-order valence-electron chi connectivity index (χ1n) is 13.9. The van der Waals surface area contributed by atoms with Crippen molar-refractivity contribution < 1.29 is 22.4 Å². The normalized spacial score (nSPS) is 12.0. The van der Waals surface area contributed by atoms with Crippen molar-refractivity contribution in [2.24, 2.45) is 0 Å². The Morgan fingerprint density at radius 1 is 0.951 bits per heavy atom.